The Balaban J connectivity index is 1.81. The number of phenols is 1. The quantitative estimate of drug-likeness (QED) is 0.420. The van der Waals surface area contributed by atoms with E-state index in [4.69, 9.17) is 0 Å². The molecule has 0 bridgehead atoms. The Kier molecular flexibility index (Phi) is 5.16. The zero-order valence-corrected chi connectivity index (χ0v) is 13.8. The van der Waals surface area contributed by atoms with Crippen molar-refractivity contribution < 1.29 is 10.0 Å². The number of para-hydroxylation sites is 1. The smallest absolute Gasteiger partial charge is 0.270 e. The normalized spacial score (nSPS) is 9.85. The largest absolute Gasteiger partial charge is 0.508 e. The number of aromatic hydroxyl groups is 1. The summed E-state index contributed by atoms with van der Waals surface area (Å²) in [5.74, 6) is 6.24. The predicted octanol–water partition coefficient (Wildman–Crippen LogP) is 4.31. The Hall–Kier alpha value is -3.78. The predicted molar refractivity (Wildman–Crippen MR) is 101 cm³/mol. The lowest BCUT2D eigenvalue weighted by atomic mass is 10.1. The first kappa shape index (κ1) is 17.1. The lowest BCUT2D eigenvalue weighted by Gasteiger charge is -2.10. The highest BCUT2D eigenvalue weighted by atomic mass is 16.6. The fourth-order valence-electron chi connectivity index (χ4n) is 2.42. The molecule has 3 aromatic rings. The van der Waals surface area contributed by atoms with E-state index in [0.717, 1.165) is 16.8 Å². The van der Waals surface area contributed by atoms with Gasteiger partial charge in [0.2, 0.25) is 0 Å². The molecule has 0 atom stereocenters. The van der Waals surface area contributed by atoms with Gasteiger partial charge in [-0.1, -0.05) is 42.2 Å². The lowest BCUT2D eigenvalue weighted by Crippen LogP contribution is -2.02. The van der Waals surface area contributed by atoms with E-state index in [1.54, 1.807) is 0 Å². The average molecular weight is 344 g/mol. The molecule has 128 valence electrons. The molecule has 0 saturated carbocycles. The fourth-order valence-corrected chi connectivity index (χ4v) is 2.42. The van der Waals surface area contributed by atoms with E-state index in [2.05, 4.69) is 17.2 Å². The fraction of sp³-hybridized carbons (Fsp3) is 0.0476. The van der Waals surface area contributed by atoms with Gasteiger partial charge in [-0.3, -0.25) is 10.1 Å². The van der Waals surface area contributed by atoms with Crippen molar-refractivity contribution in [1.29, 1.82) is 0 Å². The minimum Gasteiger partial charge on any atom is -0.508 e. The summed E-state index contributed by atoms with van der Waals surface area (Å²) < 4.78 is 0. The molecule has 0 aliphatic rings. The summed E-state index contributed by atoms with van der Waals surface area (Å²) in [6.07, 6.45) is 0. The molecule has 5 heteroatoms. The minimum absolute atomic E-state index is 0.0101. The highest BCUT2D eigenvalue weighted by molar-refractivity contribution is 5.60. The Bertz CT molecular complexity index is 989. The standard InChI is InChI=1S/C21H16N2O3/c24-21-13-12-19(23(25)26)14-18(21)15-22-20-9-5-4-8-17(20)11-10-16-6-2-1-3-7-16/h1-9,12-14,22,24H,15H2. The average Bonchev–Trinajstić information content (AvgIpc) is 2.67. The van der Waals surface area contributed by atoms with Gasteiger partial charge in [-0.15, -0.1) is 0 Å². The summed E-state index contributed by atoms with van der Waals surface area (Å²) in [7, 11) is 0. The van der Waals surface area contributed by atoms with Crippen LogP contribution in [0, 0.1) is 22.0 Å². The summed E-state index contributed by atoms with van der Waals surface area (Å²) in [6, 6.07) is 21.2. The van der Waals surface area contributed by atoms with Gasteiger partial charge in [-0.2, -0.15) is 0 Å². The lowest BCUT2D eigenvalue weighted by molar-refractivity contribution is -0.384. The first-order chi connectivity index (χ1) is 12.6. The zero-order chi connectivity index (χ0) is 18.4. The van der Waals surface area contributed by atoms with Crippen molar-refractivity contribution in [3.05, 3.63) is 99.6 Å². The molecule has 0 aromatic heterocycles. The number of nitro groups is 1. The van der Waals surface area contributed by atoms with Crippen molar-refractivity contribution in [2.75, 3.05) is 5.32 Å². The van der Waals surface area contributed by atoms with E-state index < -0.39 is 4.92 Å². The van der Waals surface area contributed by atoms with Crippen molar-refractivity contribution in [1.82, 2.24) is 0 Å². The van der Waals surface area contributed by atoms with Gasteiger partial charge >= 0.3 is 0 Å². The highest BCUT2D eigenvalue weighted by Gasteiger charge is 2.10. The van der Waals surface area contributed by atoms with E-state index in [9.17, 15) is 15.2 Å². The SMILES string of the molecule is O=[N+]([O-])c1ccc(O)c(CNc2ccccc2C#Cc2ccccc2)c1. The maximum Gasteiger partial charge on any atom is 0.270 e. The molecule has 0 heterocycles. The van der Waals surface area contributed by atoms with Gasteiger partial charge in [-0.05, 0) is 30.3 Å². The van der Waals surface area contributed by atoms with E-state index >= 15 is 0 Å². The van der Waals surface area contributed by atoms with Crippen molar-refractivity contribution >= 4 is 11.4 Å². The number of anilines is 1. The van der Waals surface area contributed by atoms with Crippen LogP contribution in [0.25, 0.3) is 0 Å². The van der Waals surface area contributed by atoms with Crippen LogP contribution < -0.4 is 5.32 Å². The molecule has 26 heavy (non-hydrogen) atoms. The second-order valence-electron chi connectivity index (χ2n) is 5.59. The Labute approximate surface area is 151 Å². The second kappa shape index (κ2) is 7.86. The van der Waals surface area contributed by atoms with Crippen LogP contribution in [0.4, 0.5) is 11.4 Å². The van der Waals surface area contributed by atoms with Gasteiger partial charge < -0.3 is 10.4 Å². The van der Waals surface area contributed by atoms with Gasteiger partial charge in [-0.25, -0.2) is 0 Å². The molecule has 0 unspecified atom stereocenters. The number of rotatable bonds is 4. The number of nitrogens with one attached hydrogen (secondary N) is 1. The third kappa shape index (κ3) is 4.19. The molecular weight excluding hydrogens is 328 g/mol. The third-order valence-corrected chi connectivity index (χ3v) is 3.79. The molecule has 3 rings (SSSR count). The number of nitro benzene ring substituents is 1. The first-order valence-corrected chi connectivity index (χ1v) is 8.00. The van der Waals surface area contributed by atoms with Crippen LogP contribution in [0.3, 0.4) is 0 Å². The molecule has 0 fully saturated rings. The van der Waals surface area contributed by atoms with Crippen LogP contribution in [-0.2, 0) is 6.54 Å². The maximum absolute atomic E-state index is 10.9. The summed E-state index contributed by atoms with van der Waals surface area (Å²) in [6.45, 7) is 0.248. The Morgan fingerprint density at radius 1 is 0.962 bits per heavy atom. The third-order valence-electron chi connectivity index (χ3n) is 3.79. The molecule has 0 amide bonds. The number of hydrogen-bond donors (Lipinski definition) is 2. The van der Waals surface area contributed by atoms with Crippen LogP contribution in [0.15, 0.2) is 72.8 Å². The Morgan fingerprint density at radius 2 is 1.69 bits per heavy atom. The van der Waals surface area contributed by atoms with Crippen molar-refractivity contribution in [3.8, 4) is 17.6 Å². The summed E-state index contributed by atoms with van der Waals surface area (Å²) >= 11 is 0. The number of hydrogen-bond acceptors (Lipinski definition) is 4. The number of non-ortho nitro benzene ring substituents is 1. The van der Waals surface area contributed by atoms with Crippen LogP contribution in [0.1, 0.15) is 16.7 Å². The molecule has 3 aromatic carbocycles. The molecule has 2 N–H and O–H groups in total. The highest BCUT2D eigenvalue weighted by Crippen LogP contribution is 2.24. The van der Waals surface area contributed by atoms with E-state index in [0.29, 0.717) is 5.56 Å². The number of benzene rings is 3. The van der Waals surface area contributed by atoms with Gasteiger partial charge in [0.25, 0.3) is 5.69 Å². The number of nitrogens with zero attached hydrogens (tertiary/aromatic N) is 1. The van der Waals surface area contributed by atoms with E-state index in [1.165, 1.54) is 18.2 Å². The van der Waals surface area contributed by atoms with Crippen molar-refractivity contribution in [2.24, 2.45) is 0 Å². The minimum atomic E-state index is -0.484. The van der Waals surface area contributed by atoms with Gasteiger partial charge in [0.05, 0.1) is 10.6 Å². The van der Waals surface area contributed by atoms with E-state index in [-0.39, 0.29) is 18.0 Å². The molecule has 0 aliphatic heterocycles. The van der Waals surface area contributed by atoms with Gasteiger partial charge in [0.15, 0.2) is 0 Å². The van der Waals surface area contributed by atoms with Crippen molar-refractivity contribution in [2.45, 2.75) is 6.54 Å². The van der Waals surface area contributed by atoms with Crippen LogP contribution in [0.5, 0.6) is 5.75 Å². The Morgan fingerprint density at radius 3 is 2.46 bits per heavy atom. The van der Waals surface area contributed by atoms with Gasteiger partial charge in [0.1, 0.15) is 5.75 Å². The summed E-state index contributed by atoms with van der Waals surface area (Å²) in [4.78, 5) is 10.4. The monoisotopic (exact) mass is 344 g/mol. The number of phenolic OH excluding ortho intramolecular Hbond substituents is 1. The molecule has 0 radical (unpaired) electrons. The van der Waals surface area contributed by atoms with Crippen LogP contribution in [-0.4, -0.2) is 10.0 Å². The maximum atomic E-state index is 10.9. The van der Waals surface area contributed by atoms with Crippen molar-refractivity contribution in [3.63, 3.8) is 0 Å². The van der Waals surface area contributed by atoms with Crippen LogP contribution >= 0.6 is 0 Å². The molecule has 0 saturated heterocycles. The zero-order valence-electron chi connectivity index (χ0n) is 13.8. The summed E-state index contributed by atoms with van der Waals surface area (Å²) in [5.41, 5.74) is 2.91. The second-order valence-corrected chi connectivity index (χ2v) is 5.59. The molecule has 0 spiro atoms. The van der Waals surface area contributed by atoms with Crippen LogP contribution in [0.2, 0.25) is 0 Å². The summed E-state index contributed by atoms with van der Waals surface area (Å²) in [5, 5.41) is 24.0. The molecule has 0 aliphatic carbocycles. The molecule has 5 nitrogen and oxygen atoms in total. The topological polar surface area (TPSA) is 75.4 Å². The first-order valence-electron chi connectivity index (χ1n) is 8.00. The van der Waals surface area contributed by atoms with Gasteiger partial charge in [0, 0.05) is 35.4 Å². The van der Waals surface area contributed by atoms with E-state index in [1.807, 2.05) is 54.6 Å². The molecular formula is C21H16N2O3.